The lowest BCUT2D eigenvalue weighted by molar-refractivity contribution is -0.137. The molecule has 2 aromatic carbocycles. The third-order valence-corrected chi connectivity index (χ3v) is 5.10. The van der Waals surface area contributed by atoms with Gasteiger partial charge in [0, 0.05) is 5.56 Å². The van der Waals surface area contributed by atoms with Gasteiger partial charge in [0.1, 0.15) is 0 Å². The number of benzene rings is 2. The van der Waals surface area contributed by atoms with E-state index in [9.17, 15) is 14.4 Å². The lowest BCUT2D eigenvalue weighted by atomic mass is 10.1. The second kappa shape index (κ2) is 9.94. The van der Waals surface area contributed by atoms with Gasteiger partial charge in [-0.05, 0) is 54.6 Å². The van der Waals surface area contributed by atoms with E-state index in [0.717, 1.165) is 0 Å². The Balaban J connectivity index is 1.76. The number of thioether (sulfide) groups is 1. The summed E-state index contributed by atoms with van der Waals surface area (Å²) >= 11 is 1.19. The van der Waals surface area contributed by atoms with Crippen LogP contribution in [0.1, 0.15) is 29.3 Å². The van der Waals surface area contributed by atoms with Gasteiger partial charge in [-0.2, -0.15) is 0 Å². The van der Waals surface area contributed by atoms with Gasteiger partial charge in [0.05, 0.1) is 30.7 Å². The lowest BCUT2D eigenvalue weighted by Gasteiger charge is -2.10. The second-order valence-electron chi connectivity index (χ2n) is 6.49. The summed E-state index contributed by atoms with van der Waals surface area (Å²) in [7, 11) is 1.48. The summed E-state index contributed by atoms with van der Waals surface area (Å²) < 4.78 is 10.7. The number of carbonyl (C=O) groups excluding carboxylic acids is 2. The Kier molecular flexibility index (Phi) is 7.09. The van der Waals surface area contributed by atoms with E-state index in [1.165, 1.54) is 25.8 Å². The molecule has 0 radical (unpaired) electrons. The molecule has 1 aliphatic rings. The fourth-order valence-corrected chi connectivity index (χ4v) is 3.53. The first-order valence-corrected chi connectivity index (χ1v) is 10.1. The van der Waals surface area contributed by atoms with E-state index in [-0.39, 0.29) is 24.7 Å². The number of nitrogens with zero attached hydrogens (tertiary/aromatic N) is 1. The Hall–Kier alpha value is -3.59. The molecule has 31 heavy (non-hydrogen) atoms. The predicted octanol–water partition coefficient (Wildman–Crippen LogP) is 3.64. The van der Waals surface area contributed by atoms with E-state index in [2.05, 4.69) is 10.3 Å². The first-order chi connectivity index (χ1) is 14.9. The number of nitrogens with one attached hydrogen (secondary N) is 1. The predicted molar refractivity (Wildman–Crippen MR) is 118 cm³/mol. The van der Waals surface area contributed by atoms with E-state index < -0.39 is 5.97 Å². The van der Waals surface area contributed by atoms with Gasteiger partial charge >= 0.3 is 5.97 Å². The summed E-state index contributed by atoms with van der Waals surface area (Å²) in [6.07, 6.45) is 1.57. The van der Waals surface area contributed by atoms with Crippen molar-refractivity contribution in [3.8, 4) is 11.5 Å². The number of ether oxygens (including phenoxy) is 2. The number of hydrogen-bond donors (Lipinski definition) is 2. The van der Waals surface area contributed by atoms with E-state index >= 15 is 0 Å². The number of rotatable bonds is 8. The Morgan fingerprint density at radius 3 is 2.71 bits per heavy atom. The standard InChI is InChI=1S/C22H20N2O6S/c1-13(25)15-4-3-5-16(12-15)23-22-24-21(28)19(31-22)11-14-6-7-17(18(10-14)29-2)30-9-8-20(26)27/h3-7,10-12H,8-9H2,1-2H3,(H,26,27)(H,23,24,28)/b19-11+. The number of ketones is 1. The number of methoxy groups -OCH3 is 1. The number of aliphatic carboxylic acids is 1. The molecule has 2 N–H and O–H groups in total. The van der Waals surface area contributed by atoms with Crippen LogP contribution in [0.25, 0.3) is 6.08 Å². The van der Waals surface area contributed by atoms with Crippen LogP contribution in [0.15, 0.2) is 52.4 Å². The monoisotopic (exact) mass is 440 g/mol. The molecule has 1 heterocycles. The molecule has 2 aromatic rings. The summed E-state index contributed by atoms with van der Waals surface area (Å²) in [6, 6.07) is 12.0. The van der Waals surface area contributed by atoms with Gasteiger partial charge in [-0.1, -0.05) is 18.2 Å². The molecule has 1 fully saturated rings. The molecule has 0 atom stereocenters. The first-order valence-electron chi connectivity index (χ1n) is 9.29. The summed E-state index contributed by atoms with van der Waals surface area (Å²) in [5.74, 6) is -0.447. The minimum absolute atomic E-state index is 0.0229. The number of carbonyl (C=O) groups is 3. The zero-order valence-corrected chi connectivity index (χ0v) is 17.7. The van der Waals surface area contributed by atoms with Crippen molar-refractivity contribution in [1.29, 1.82) is 0 Å². The number of carboxylic acids is 1. The molecular formula is C22H20N2O6S. The van der Waals surface area contributed by atoms with Crippen molar-refractivity contribution >= 4 is 46.4 Å². The lowest BCUT2D eigenvalue weighted by Crippen LogP contribution is -2.19. The molecule has 1 aliphatic heterocycles. The van der Waals surface area contributed by atoms with Crippen molar-refractivity contribution in [3.05, 3.63) is 58.5 Å². The molecule has 1 amide bonds. The molecule has 0 spiro atoms. The molecule has 0 bridgehead atoms. The van der Waals surface area contributed by atoms with Crippen molar-refractivity contribution in [2.75, 3.05) is 13.7 Å². The van der Waals surface area contributed by atoms with Crippen LogP contribution >= 0.6 is 11.8 Å². The number of hydrogen-bond acceptors (Lipinski definition) is 7. The quantitative estimate of drug-likeness (QED) is 0.476. The van der Waals surface area contributed by atoms with Gasteiger partial charge in [0.25, 0.3) is 5.91 Å². The fourth-order valence-electron chi connectivity index (χ4n) is 2.69. The molecule has 9 heteroatoms. The summed E-state index contributed by atoms with van der Waals surface area (Å²) in [5.41, 5.74) is 1.82. The fraction of sp³-hybridized carbons (Fsp3) is 0.182. The summed E-state index contributed by atoms with van der Waals surface area (Å²) in [4.78, 5) is 39.3. The molecule has 160 valence electrons. The van der Waals surface area contributed by atoms with Crippen LogP contribution in [0.2, 0.25) is 0 Å². The summed E-state index contributed by atoms with van der Waals surface area (Å²) in [5, 5.41) is 11.8. The van der Waals surface area contributed by atoms with E-state index in [0.29, 0.717) is 38.4 Å². The van der Waals surface area contributed by atoms with Crippen molar-refractivity contribution in [3.63, 3.8) is 0 Å². The van der Waals surface area contributed by atoms with Gasteiger partial charge in [0.15, 0.2) is 22.4 Å². The van der Waals surface area contributed by atoms with Crippen LogP contribution < -0.4 is 14.8 Å². The summed E-state index contributed by atoms with van der Waals surface area (Å²) in [6.45, 7) is 1.50. The number of aliphatic imine (C=N–C) groups is 1. The minimum Gasteiger partial charge on any atom is -0.493 e. The Bertz CT molecular complexity index is 1090. The topological polar surface area (TPSA) is 114 Å². The smallest absolute Gasteiger partial charge is 0.306 e. The molecule has 0 aromatic heterocycles. The average Bonchev–Trinajstić information content (AvgIpc) is 3.07. The van der Waals surface area contributed by atoms with E-state index in [1.807, 2.05) is 0 Å². The maximum Gasteiger partial charge on any atom is 0.306 e. The van der Waals surface area contributed by atoms with Gasteiger partial charge in [-0.3, -0.25) is 14.4 Å². The van der Waals surface area contributed by atoms with Crippen LogP contribution in [0.3, 0.4) is 0 Å². The highest BCUT2D eigenvalue weighted by molar-refractivity contribution is 8.18. The van der Waals surface area contributed by atoms with Gasteiger partial charge in [-0.25, -0.2) is 4.99 Å². The van der Waals surface area contributed by atoms with Crippen molar-refractivity contribution in [2.45, 2.75) is 13.3 Å². The maximum atomic E-state index is 12.3. The van der Waals surface area contributed by atoms with Crippen LogP contribution in [-0.2, 0) is 9.59 Å². The molecule has 0 aliphatic carbocycles. The maximum absolute atomic E-state index is 12.3. The Morgan fingerprint density at radius 2 is 2.00 bits per heavy atom. The van der Waals surface area contributed by atoms with E-state index in [4.69, 9.17) is 14.6 Å². The van der Waals surface area contributed by atoms with Crippen LogP contribution in [0.5, 0.6) is 11.5 Å². The Labute approximate surface area is 183 Å². The van der Waals surface area contributed by atoms with E-state index in [1.54, 1.807) is 48.5 Å². The van der Waals surface area contributed by atoms with Crippen molar-refractivity contribution in [1.82, 2.24) is 5.32 Å². The Morgan fingerprint density at radius 1 is 1.19 bits per heavy atom. The van der Waals surface area contributed by atoms with Crippen molar-refractivity contribution in [2.24, 2.45) is 4.99 Å². The third kappa shape index (κ3) is 5.95. The third-order valence-electron chi connectivity index (χ3n) is 4.19. The van der Waals surface area contributed by atoms with Crippen molar-refractivity contribution < 1.29 is 29.0 Å². The largest absolute Gasteiger partial charge is 0.493 e. The van der Waals surface area contributed by atoms with Gasteiger partial charge in [0.2, 0.25) is 0 Å². The van der Waals surface area contributed by atoms with Gasteiger partial charge < -0.3 is 19.9 Å². The first kappa shape index (κ1) is 22.1. The zero-order chi connectivity index (χ0) is 22.4. The minimum atomic E-state index is -0.949. The molecule has 1 saturated heterocycles. The molecule has 0 unspecified atom stereocenters. The number of Topliss-reactive ketones (excluding diaryl/α,β-unsaturated/α-hetero) is 1. The molecule has 0 saturated carbocycles. The SMILES string of the molecule is COc1cc(/C=C2/SC(=Nc3cccc(C(C)=O)c3)NC2=O)ccc1OCCC(=O)O. The molecular weight excluding hydrogens is 420 g/mol. The number of amides is 1. The average molecular weight is 440 g/mol. The normalized spacial score (nSPS) is 15.7. The highest BCUT2D eigenvalue weighted by Crippen LogP contribution is 2.32. The second-order valence-corrected chi connectivity index (χ2v) is 7.52. The van der Waals surface area contributed by atoms with Crippen LogP contribution in [0.4, 0.5) is 5.69 Å². The van der Waals surface area contributed by atoms with Crippen LogP contribution in [-0.4, -0.2) is 41.7 Å². The molecule has 3 rings (SSSR count). The van der Waals surface area contributed by atoms with Crippen LogP contribution in [0, 0.1) is 0 Å². The molecule has 8 nitrogen and oxygen atoms in total. The number of amidine groups is 1. The highest BCUT2D eigenvalue weighted by Gasteiger charge is 2.24. The zero-order valence-electron chi connectivity index (χ0n) is 16.9. The van der Waals surface area contributed by atoms with Gasteiger partial charge in [-0.15, -0.1) is 0 Å². The highest BCUT2D eigenvalue weighted by atomic mass is 32.2. The number of carboxylic acid groups (broad SMARTS) is 1.